The third-order valence-corrected chi connectivity index (χ3v) is 2.39. The zero-order valence-corrected chi connectivity index (χ0v) is 9.11. The molecule has 0 spiro atoms. The fourth-order valence-corrected chi connectivity index (χ4v) is 1.47. The highest BCUT2D eigenvalue weighted by Gasteiger charge is 2.00. The van der Waals surface area contributed by atoms with Crippen molar-refractivity contribution in [1.29, 1.82) is 0 Å². The molecule has 0 bridgehead atoms. The molecule has 0 atom stereocenters. The van der Waals surface area contributed by atoms with Crippen molar-refractivity contribution in [3.05, 3.63) is 53.2 Å². The molecule has 1 N–H and O–H groups in total. The molecular weight excluding hydrogens is 224 g/mol. The van der Waals surface area contributed by atoms with Crippen LogP contribution in [0.25, 0.3) is 0 Å². The van der Waals surface area contributed by atoms with Crippen LogP contribution in [0.15, 0.2) is 42.6 Å². The van der Waals surface area contributed by atoms with Gasteiger partial charge in [0.15, 0.2) is 0 Å². The van der Waals surface area contributed by atoms with E-state index in [1.807, 2.05) is 18.2 Å². The van der Waals surface area contributed by atoms with Crippen molar-refractivity contribution in [1.82, 2.24) is 4.98 Å². The fourth-order valence-electron chi connectivity index (χ4n) is 1.29. The van der Waals surface area contributed by atoms with Gasteiger partial charge in [-0.1, -0.05) is 23.7 Å². The van der Waals surface area contributed by atoms with Crippen LogP contribution in [0.1, 0.15) is 10.4 Å². The summed E-state index contributed by atoms with van der Waals surface area (Å²) in [5.74, 6) is 0.595. The monoisotopic (exact) mass is 232 g/mol. The summed E-state index contributed by atoms with van der Waals surface area (Å²) >= 11 is 5.99. The maximum absolute atomic E-state index is 10.6. The SMILES string of the molecule is O=Cc1ccnc(Nc2ccccc2Cl)c1. The average Bonchev–Trinajstić information content (AvgIpc) is 2.32. The molecule has 0 radical (unpaired) electrons. The summed E-state index contributed by atoms with van der Waals surface area (Å²) in [7, 11) is 0. The molecule has 1 heterocycles. The smallest absolute Gasteiger partial charge is 0.150 e. The molecule has 0 unspecified atom stereocenters. The highest BCUT2D eigenvalue weighted by Crippen LogP contribution is 2.23. The van der Waals surface area contributed by atoms with Crippen molar-refractivity contribution in [3.8, 4) is 0 Å². The molecule has 0 fully saturated rings. The number of nitrogens with zero attached hydrogens (tertiary/aromatic N) is 1. The molecule has 2 aromatic rings. The van der Waals surface area contributed by atoms with Crippen LogP contribution < -0.4 is 5.32 Å². The van der Waals surface area contributed by atoms with Crippen molar-refractivity contribution >= 4 is 29.4 Å². The van der Waals surface area contributed by atoms with Gasteiger partial charge in [0, 0.05) is 11.8 Å². The van der Waals surface area contributed by atoms with E-state index in [9.17, 15) is 4.79 Å². The molecule has 16 heavy (non-hydrogen) atoms. The largest absolute Gasteiger partial charge is 0.339 e. The Morgan fingerprint density at radius 3 is 2.81 bits per heavy atom. The number of carbonyl (C=O) groups excluding carboxylic acids is 1. The van der Waals surface area contributed by atoms with E-state index in [4.69, 9.17) is 11.6 Å². The Hall–Kier alpha value is -1.87. The van der Waals surface area contributed by atoms with Crippen LogP contribution in [0.3, 0.4) is 0 Å². The third kappa shape index (κ3) is 2.38. The lowest BCUT2D eigenvalue weighted by molar-refractivity contribution is 0.112. The number of benzene rings is 1. The Kier molecular flexibility index (Phi) is 3.17. The predicted octanol–water partition coefficient (Wildman–Crippen LogP) is 3.29. The number of halogens is 1. The van der Waals surface area contributed by atoms with E-state index in [1.54, 1.807) is 24.4 Å². The molecule has 0 amide bonds. The molecule has 80 valence electrons. The summed E-state index contributed by atoms with van der Waals surface area (Å²) in [5, 5.41) is 3.66. The highest BCUT2D eigenvalue weighted by molar-refractivity contribution is 6.33. The number of carbonyl (C=O) groups is 1. The zero-order valence-electron chi connectivity index (χ0n) is 8.35. The quantitative estimate of drug-likeness (QED) is 0.826. The molecule has 0 aliphatic heterocycles. The molecule has 1 aromatic heterocycles. The number of pyridine rings is 1. The first-order valence-corrected chi connectivity index (χ1v) is 5.10. The molecular formula is C12H9ClN2O. The summed E-state index contributed by atoms with van der Waals surface area (Å²) in [5.41, 5.74) is 1.34. The van der Waals surface area contributed by atoms with Gasteiger partial charge >= 0.3 is 0 Å². The van der Waals surface area contributed by atoms with Crippen LogP contribution in [-0.2, 0) is 0 Å². The second-order valence-electron chi connectivity index (χ2n) is 3.20. The molecule has 2 rings (SSSR count). The van der Waals surface area contributed by atoms with Gasteiger partial charge in [0.1, 0.15) is 12.1 Å². The summed E-state index contributed by atoms with van der Waals surface area (Å²) < 4.78 is 0. The third-order valence-electron chi connectivity index (χ3n) is 2.06. The number of rotatable bonds is 3. The minimum Gasteiger partial charge on any atom is -0.339 e. The second kappa shape index (κ2) is 4.77. The van der Waals surface area contributed by atoms with Crippen LogP contribution in [0.5, 0.6) is 0 Å². The summed E-state index contributed by atoms with van der Waals surface area (Å²) in [6.07, 6.45) is 2.35. The number of hydrogen-bond acceptors (Lipinski definition) is 3. The van der Waals surface area contributed by atoms with E-state index >= 15 is 0 Å². The maximum Gasteiger partial charge on any atom is 0.150 e. The lowest BCUT2D eigenvalue weighted by Crippen LogP contribution is -1.94. The van der Waals surface area contributed by atoms with Crippen LogP contribution in [0.4, 0.5) is 11.5 Å². The van der Waals surface area contributed by atoms with Gasteiger partial charge in [0.2, 0.25) is 0 Å². The van der Waals surface area contributed by atoms with Gasteiger partial charge in [0.05, 0.1) is 10.7 Å². The van der Waals surface area contributed by atoms with Gasteiger partial charge in [-0.25, -0.2) is 4.98 Å². The Bertz CT molecular complexity index is 514. The number of aromatic nitrogens is 1. The standard InChI is InChI=1S/C12H9ClN2O/c13-10-3-1-2-4-11(10)15-12-7-9(8-16)5-6-14-12/h1-8H,(H,14,15). The van der Waals surface area contributed by atoms with Crippen LogP contribution >= 0.6 is 11.6 Å². The summed E-state index contributed by atoms with van der Waals surface area (Å²) in [6, 6.07) is 10.7. The Balaban J connectivity index is 2.27. The summed E-state index contributed by atoms with van der Waals surface area (Å²) in [4.78, 5) is 14.7. The lowest BCUT2D eigenvalue weighted by atomic mass is 10.2. The molecule has 0 saturated heterocycles. The van der Waals surface area contributed by atoms with E-state index < -0.39 is 0 Å². The van der Waals surface area contributed by atoms with Crippen LogP contribution in [0, 0.1) is 0 Å². The number of nitrogens with one attached hydrogen (secondary N) is 1. The van der Waals surface area contributed by atoms with E-state index in [2.05, 4.69) is 10.3 Å². The van der Waals surface area contributed by atoms with Crippen molar-refractivity contribution in [3.63, 3.8) is 0 Å². The molecule has 0 saturated carbocycles. The topological polar surface area (TPSA) is 42.0 Å². The van der Waals surface area contributed by atoms with Gasteiger partial charge in [0.25, 0.3) is 0 Å². The van der Waals surface area contributed by atoms with Crippen molar-refractivity contribution < 1.29 is 4.79 Å². The van der Waals surface area contributed by atoms with Gasteiger partial charge in [-0.3, -0.25) is 4.79 Å². The Labute approximate surface area is 98.1 Å². The lowest BCUT2D eigenvalue weighted by Gasteiger charge is -2.07. The van der Waals surface area contributed by atoms with E-state index in [0.717, 1.165) is 12.0 Å². The van der Waals surface area contributed by atoms with Crippen LogP contribution in [-0.4, -0.2) is 11.3 Å². The average molecular weight is 233 g/mol. The number of hydrogen-bond donors (Lipinski definition) is 1. The molecule has 0 aliphatic rings. The maximum atomic E-state index is 10.6. The minimum absolute atomic E-state index is 0.574. The van der Waals surface area contributed by atoms with Gasteiger partial charge < -0.3 is 5.32 Å². The van der Waals surface area contributed by atoms with Crippen molar-refractivity contribution in [2.24, 2.45) is 0 Å². The van der Waals surface area contributed by atoms with Gasteiger partial charge in [-0.05, 0) is 24.3 Å². The molecule has 4 heteroatoms. The molecule has 0 aliphatic carbocycles. The zero-order chi connectivity index (χ0) is 11.4. The second-order valence-corrected chi connectivity index (χ2v) is 3.60. The first-order chi connectivity index (χ1) is 7.79. The van der Waals surface area contributed by atoms with Crippen molar-refractivity contribution in [2.45, 2.75) is 0 Å². The van der Waals surface area contributed by atoms with Gasteiger partial charge in [-0.2, -0.15) is 0 Å². The summed E-state index contributed by atoms with van der Waals surface area (Å²) in [6.45, 7) is 0. The normalized spacial score (nSPS) is 9.81. The van der Waals surface area contributed by atoms with E-state index in [0.29, 0.717) is 16.4 Å². The minimum atomic E-state index is 0.574. The first kappa shape index (κ1) is 10.6. The van der Waals surface area contributed by atoms with Crippen LogP contribution in [0.2, 0.25) is 5.02 Å². The number of anilines is 2. The van der Waals surface area contributed by atoms with E-state index in [1.165, 1.54) is 0 Å². The fraction of sp³-hybridized carbons (Fsp3) is 0. The van der Waals surface area contributed by atoms with Crippen molar-refractivity contribution in [2.75, 3.05) is 5.32 Å². The number of para-hydroxylation sites is 1. The Morgan fingerprint density at radius 2 is 2.06 bits per heavy atom. The number of aldehydes is 1. The predicted molar refractivity (Wildman–Crippen MR) is 64.4 cm³/mol. The molecule has 1 aromatic carbocycles. The van der Waals surface area contributed by atoms with Gasteiger partial charge in [-0.15, -0.1) is 0 Å². The highest BCUT2D eigenvalue weighted by atomic mass is 35.5. The molecule has 3 nitrogen and oxygen atoms in total. The Morgan fingerprint density at radius 1 is 1.25 bits per heavy atom. The first-order valence-electron chi connectivity index (χ1n) is 4.72. The van der Waals surface area contributed by atoms with E-state index in [-0.39, 0.29) is 0 Å².